The van der Waals surface area contributed by atoms with E-state index in [0.29, 0.717) is 5.56 Å². The van der Waals surface area contributed by atoms with Crippen LogP contribution in [0.25, 0.3) is 0 Å². The number of hydrogen-bond donors (Lipinski definition) is 1. The summed E-state index contributed by atoms with van der Waals surface area (Å²) in [6.45, 7) is 3.62. The van der Waals surface area contributed by atoms with Crippen molar-refractivity contribution in [2.75, 3.05) is 7.05 Å². The first-order chi connectivity index (χ1) is 7.47. The molecule has 5 heteroatoms. The average Bonchev–Trinajstić information content (AvgIpc) is 2.26. The lowest BCUT2D eigenvalue weighted by Gasteiger charge is -2.12. The smallest absolute Gasteiger partial charge is 0.280 e. The number of alkyl halides is 2. The Kier molecular flexibility index (Phi) is 3.93. The number of carbonyl (C=O) groups excluding carboxylic acids is 1. The van der Waals surface area contributed by atoms with E-state index in [1.54, 1.807) is 0 Å². The fourth-order valence-corrected chi connectivity index (χ4v) is 1.40. The molecule has 1 rings (SSSR count). The molecule has 88 valence electrons. The number of nitrogens with zero attached hydrogens (tertiary/aromatic N) is 1. The predicted molar refractivity (Wildman–Crippen MR) is 56.7 cm³/mol. The molecule has 0 atom stereocenters. The van der Waals surface area contributed by atoms with E-state index in [9.17, 15) is 13.6 Å². The Labute approximate surface area is 92.9 Å². The minimum absolute atomic E-state index is 0.0159. The SMILES string of the molecule is CNC(=O)c1ccc(C(C)C)c(C(F)F)n1. The van der Waals surface area contributed by atoms with E-state index in [2.05, 4.69) is 10.3 Å². The Morgan fingerprint density at radius 1 is 1.38 bits per heavy atom. The van der Waals surface area contributed by atoms with Crippen molar-refractivity contribution < 1.29 is 13.6 Å². The van der Waals surface area contributed by atoms with Crippen molar-refractivity contribution in [2.24, 2.45) is 0 Å². The van der Waals surface area contributed by atoms with Crippen LogP contribution in [-0.2, 0) is 0 Å². The summed E-state index contributed by atoms with van der Waals surface area (Å²) in [5.41, 5.74) is 0.181. The van der Waals surface area contributed by atoms with Crippen molar-refractivity contribution in [3.05, 3.63) is 29.1 Å². The second-order valence-electron chi connectivity index (χ2n) is 3.71. The third kappa shape index (κ3) is 2.53. The van der Waals surface area contributed by atoms with Crippen LogP contribution in [0.1, 0.15) is 47.9 Å². The van der Waals surface area contributed by atoms with E-state index in [-0.39, 0.29) is 17.3 Å². The van der Waals surface area contributed by atoms with Crippen molar-refractivity contribution in [3.8, 4) is 0 Å². The van der Waals surface area contributed by atoms with Gasteiger partial charge in [0.2, 0.25) is 0 Å². The minimum atomic E-state index is -2.66. The Bertz CT molecular complexity index is 392. The van der Waals surface area contributed by atoms with Crippen molar-refractivity contribution in [3.63, 3.8) is 0 Å². The van der Waals surface area contributed by atoms with Crippen LogP contribution < -0.4 is 5.32 Å². The number of hydrogen-bond acceptors (Lipinski definition) is 2. The third-order valence-corrected chi connectivity index (χ3v) is 2.25. The number of rotatable bonds is 3. The molecular formula is C11H14F2N2O. The summed E-state index contributed by atoms with van der Waals surface area (Å²) in [7, 11) is 1.43. The van der Waals surface area contributed by atoms with Gasteiger partial charge in [0, 0.05) is 7.05 Å². The highest BCUT2D eigenvalue weighted by molar-refractivity contribution is 5.92. The van der Waals surface area contributed by atoms with E-state index in [0.717, 1.165) is 0 Å². The Hall–Kier alpha value is -1.52. The van der Waals surface area contributed by atoms with Crippen LogP contribution in [0, 0.1) is 0 Å². The monoisotopic (exact) mass is 228 g/mol. The molecule has 0 aromatic carbocycles. The van der Waals surface area contributed by atoms with Crippen LogP contribution >= 0.6 is 0 Å². The molecule has 0 aliphatic rings. The quantitative estimate of drug-likeness (QED) is 0.863. The van der Waals surface area contributed by atoms with Gasteiger partial charge in [-0.05, 0) is 17.5 Å². The highest BCUT2D eigenvalue weighted by atomic mass is 19.3. The molecule has 0 bridgehead atoms. The lowest BCUT2D eigenvalue weighted by molar-refractivity contribution is 0.0956. The van der Waals surface area contributed by atoms with Crippen LogP contribution in [0.15, 0.2) is 12.1 Å². The molecule has 1 heterocycles. The number of carbonyl (C=O) groups is 1. The molecule has 16 heavy (non-hydrogen) atoms. The molecule has 1 N–H and O–H groups in total. The summed E-state index contributed by atoms with van der Waals surface area (Å²) >= 11 is 0. The van der Waals surface area contributed by atoms with E-state index in [1.807, 2.05) is 13.8 Å². The van der Waals surface area contributed by atoms with Crippen molar-refractivity contribution in [2.45, 2.75) is 26.2 Å². The largest absolute Gasteiger partial charge is 0.354 e. The molecule has 0 radical (unpaired) electrons. The van der Waals surface area contributed by atoms with E-state index < -0.39 is 12.3 Å². The van der Waals surface area contributed by atoms with Gasteiger partial charge in [0.25, 0.3) is 12.3 Å². The summed E-state index contributed by atoms with van der Waals surface area (Å²) in [5.74, 6) is -0.507. The van der Waals surface area contributed by atoms with Gasteiger partial charge in [0.1, 0.15) is 11.4 Å². The first kappa shape index (κ1) is 12.5. The van der Waals surface area contributed by atoms with Crippen molar-refractivity contribution >= 4 is 5.91 Å². The van der Waals surface area contributed by atoms with Crippen LogP contribution in [-0.4, -0.2) is 17.9 Å². The summed E-state index contributed by atoms with van der Waals surface area (Å²) in [6, 6.07) is 2.99. The van der Waals surface area contributed by atoms with Crippen molar-refractivity contribution in [1.82, 2.24) is 10.3 Å². The maximum atomic E-state index is 12.7. The number of nitrogens with one attached hydrogen (secondary N) is 1. The fraction of sp³-hybridized carbons (Fsp3) is 0.455. The average molecular weight is 228 g/mol. The standard InChI is InChI=1S/C11H14F2N2O/c1-6(2)7-4-5-8(11(16)14-3)15-9(7)10(12)13/h4-6,10H,1-3H3,(H,14,16). The number of amides is 1. The zero-order chi connectivity index (χ0) is 12.3. The molecule has 1 amide bonds. The topological polar surface area (TPSA) is 42.0 Å². The van der Waals surface area contributed by atoms with Gasteiger partial charge in [-0.2, -0.15) is 0 Å². The molecule has 0 saturated carbocycles. The Morgan fingerprint density at radius 2 is 2.00 bits per heavy atom. The summed E-state index contributed by atoms with van der Waals surface area (Å²) in [5, 5.41) is 2.35. The zero-order valence-electron chi connectivity index (χ0n) is 9.42. The van der Waals surface area contributed by atoms with E-state index in [1.165, 1.54) is 19.2 Å². The molecule has 0 aliphatic heterocycles. The molecule has 0 unspecified atom stereocenters. The second kappa shape index (κ2) is 5.01. The summed E-state index contributed by atoms with van der Waals surface area (Å²) in [6.07, 6.45) is -2.66. The third-order valence-electron chi connectivity index (χ3n) is 2.25. The molecule has 0 fully saturated rings. The molecule has 1 aromatic heterocycles. The van der Waals surface area contributed by atoms with Crippen molar-refractivity contribution in [1.29, 1.82) is 0 Å². The Balaban J connectivity index is 3.22. The van der Waals surface area contributed by atoms with Gasteiger partial charge in [0.15, 0.2) is 0 Å². The lowest BCUT2D eigenvalue weighted by Crippen LogP contribution is -2.20. The molecule has 0 aliphatic carbocycles. The fourth-order valence-electron chi connectivity index (χ4n) is 1.40. The summed E-state index contributed by atoms with van der Waals surface area (Å²) in [4.78, 5) is 15.0. The first-order valence-electron chi connectivity index (χ1n) is 4.98. The van der Waals surface area contributed by atoms with E-state index in [4.69, 9.17) is 0 Å². The minimum Gasteiger partial charge on any atom is -0.354 e. The van der Waals surface area contributed by atoms with Gasteiger partial charge in [-0.1, -0.05) is 19.9 Å². The maximum absolute atomic E-state index is 12.7. The zero-order valence-corrected chi connectivity index (χ0v) is 9.42. The summed E-state index contributed by atoms with van der Waals surface area (Å²) < 4.78 is 25.5. The van der Waals surface area contributed by atoms with Gasteiger partial charge in [-0.15, -0.1) is 0 Å². The van der Waals surface area contributed by atoms with Gasteiger partial charge in [0.05, 0.1) is 0 Å². The van der Waals surface area contributed by atoms with Crippen LogP contribution in [0.3, 0.4) is 0 Å². The van der Waals surface area contributed by atoms with Crippen LogP contribution in [0.4, 0.5) is 8.78 Å². The molecule has 0 saturated heterocycles. The first-order valence-corrected chi connectivity index (χ1v) is 4.98. The highest BCUT2D eigenvalue weighted by Gasteiger charge is 2.19. The number of aromatic nitrogens is 1. The predicted octanol–water partition coefficient (Wildman–Crippen LogP) is 2.50. The number of halogens is 2. The van der Waals surface area contributed by atoms with Crippen LogP contribution in [0.5, 0.6) is 0 Å². The van der Waals surface area contributed by atoms with Gasteiger partial charge < -0.3 is 5.32 Å². The highest BCUT2D eigenvalue weighted by Crippen LogP contribution is 2.26. The van der Waals surface area contributed by atoms with Gasteiger partial charge in [-0.25, -0.2) is 13.8 Å². The maximum Gasteiger partial charge on any atom is 0.280 e. The number of pyridine rings is 1. The lowest BCUT2D eigenvalue weighted by atomic mass is 10.0. The van der Waals surface area contributed by atoms with E-state index >= 15 is 0 Å². The molecule has 1 aromatic rings. The van der Waals surface area contributed by atoms with Gasteiger partial charge >= 0.3 is 0 Å². The van der Waals surface area contributed by atoms with Gasteiger partial charge in [-0.3, -0.25) is 4.79 Å². The molecule has 0 spiro atoms. The Morgan fingerprint density at radius 3 is 2.44 bits per heavy atom. The second-order valence-corrected chi connectivity index (χ2v) is 3.71. The van der Waals surface area contributed by atoms with Crippen LogP contribution in [0.2, 0.25) is 0 Å². The normalized spacial score (nSPS) is 10.9. The molecule has 3 nitrogen and oxygen atoms in total. The molecular weight excluding hydrogens is 214 g/mol.